The van der Waals surface area contributed by atoms with Crippen LogP contribution in [0.25, 0.3) is 0 Å². The van der Waals surface area contributed by atoms with E-state index in [-0.39, 0.29) is 40.5 Å². The summed E-state index contributed by atoms with van der Waals surface area (Å²) < 4.78 is 0. The number of nitrogens with zero attached hydrogens (tertiary/aromatic N) is 1. The first-order chi connectivity index (χ1) is 11.1. The third-order valence-corrected chi connectivity index (χ3v) is 4.07. The largest absolute Gasteiger partial charge is 0.507 e. The molecular weight excluding hydrogens is 294 g/mol. The van der Waals surface area contributed by atoms with Crippen LogP contribution in [0, 0.1) is 0 Å². The topological polar surface area (TPSA) is 87.0 Å². The third-order valence-electron chi connectivity index (χ3n) is 4.07. The first-order valence-electron chi connectivity index (χ1n) is 8.22. The molecule has 0 bridgehead atoms. The molecule has 5 heteroatoms. The van der Waals surface area contributed by atoms with Crippen LogP contribution in [0.5, 0.6) is 11.5 Å². The molecule has 0 aliphatic heterocycles. The molecule has 5 nitrogen and oxygen atoms in total. The van der Waals surface area contributed by atoms with Crippen molar-refractivity contribution in [3.05, 3.63) is 23.3 Å². The van der Waals surface area contributed by atoms with Crippen molar-refractivity contribution in [1.29, 1.82) is 0 Å². The molecule has 0 unspecified atom stereocenters. The minimum absolute atomic E-state index is 0.0893. The number of fused-ring (bicyclic) bond motifs is 1. The SMILES string of the molecule is CCCCCCCCN=C1CC(=O)c2c(O)ccc(O)c2C1=O. The molecule has 2 rings (SSSR count). The molecule has 1 aliphatic rings. The molecule has 2 N–H and O–H groups in total. The van der Waals surface area contributed by atoms with Crippen molar-refractivity contribution in [2.24, 2.45) is 4.99 Å². The zero-order valence-corrected chi connectivity index (χ0v) is 13.5. The number of phenolic OH excluding ortho intramolecular Hbond substituents is 2. The first kappa shape index (κ1) is 17.2. The predicted octanol–water partition coefficient (Wildman–Crippen LogP) is 3.67. The Morgan fingerprint density at radius 1 is 0.957 bits per heavy atom. The summed E-state index contributed by atoms with van der Waals surface area (Å²) in [6.45, 7) is 2.68. The number of benzene rings is 1. The van der Waals surface area contributed by atoms with Crippen molar-refractivity contribution in [3.8, 4) is 11.5 Å². The summed E-state index contributed by atoms with van der Waals surface area (Å²) in [6.07, 6.45) is 6.64. The molecule has 1 aliphatic carbocycles. The average molecular weight is 317 g/mol. The fourth-order valence-corrected chi connectivity index (χ4v) is 2.79. The number of ketones is 2. The third kappa shape index (κ3) is 3.97. The number of carbonyl (C=O) groups is 2. The lowest BCUT2D eigenvalue weighted by atomic mass is 9.86. The number of aromatic hydroxyl groups is 2. The van der Waals surface area contributed by atoms with E-state index in [1.54, 1.807) is 0 Å². The standard InChI is InChI=1S/C18H23NO4/c1-2-3-4-5-6-7-10-19-12-11-15(22)16-13(20)8-9-14(21)17(16)18(12)23/h8-9,20-21H,2-7,10-11H2,1H3. The van der Waals surface area contributed by atoms with E-state index in [0.717, 1.165) is 19.3 Å². The quantitative estimate of drug-likeness (QED) is 0.593. The molecule has 1 aromatic rings. The van der Waals surface area contributed by atoms with Crippen LogP contribution in [-0.2, 0) is 0 Å². The minimum atomic E-state index is -0.459. The second kappa shape index (κ2) is 7.90. The molecule has 0 saturated carbocycles. The second-order valence-electron chi connectivity index (χ2n) is 5.88. The average Bonchev–Trinajstić information content (AvgIpc) is 2.53. The van der Waals surface area contributed by atoms with Gasteiger partial charge in [-0.05, 0) is 18.6 Å². The number of aliphatic imine (C=N–C) groups is 1. The first-order valence-corrected chi connectivity index (χ1v) is 8.22. The fourth-order valence-electron chi connectivity index (χ4n) is 2.79. The van der Waals surface area contributed by atoms with Gasteiger partial charge in [0.1, 0.15) is 11.5 Å². The van der Waals surface area contributed by atoms with Gasteiger partial charge in [0.15, 0.2) is 5.78 Å². The van der Waals surface area contributed by atoms with Crippen molar-refractivity contribution < 1.29 is 19.8 Å². The van der Waals surface area contributed by atoms with Gasteiger partial charge < -0.3 is 10.2 Å². The number of unbranched alkanes of at least 4 members (excludes halogenated alkanes) is 5. The van der Waals surface area contributed by atoms with Gasteiger partial charge in [-0.15, -0.1) is 0 Å². The Hall–Kier alpha value is -2.17. The molecule has 1 aromatic carbocycles. The lowest BCUT2D eigenvalue weighted by Crippen LogP contribution is -2.27. The zero-order chi connectivity index (χ0) is 16.8. The molecule has 0 spiro atoms. The Kier molecular flexibility index (Phi) is 5.90. The lowest BCUT2D eigenvalue weighted by molar-refractivity contribution is 0.0960. The molecule has 124 valence electrons. The Labute approximate surface area is 136 Å². The second-order valence-corrected chi connectivity index (χ2v) is 5.88. The van der Waals surface area contributed by atoms with E-state index < -0.39 is 5.78 Å². The summed E-state index contributed by atoms with van der Waals surface area (Å²) in [4.78, 5) is 28.8. The maximum Gasteiger partial charge on any atom is 0.211 e. The molecular formula is C18H23NO4. The van der Waals surface area contributed by atoms with Crippen molar-refractivity contribution >= 4 is 17.3 Å². The van der Waals surface area contributed by atoms with Crippen LogP contribution >= 0.6 is 0 Å². The number of hydrogen-bond acceptors (Lipinski definition) is 5. The number of phenols is 2. The van der Waals surface area contributed by atoms with E-state index in [9.17, 15) is 19.8 Å². The van der Waals surface area contributed by atoms with Crippen LogP contribution in [0.4, 0.5) is 0 Å². The highest BCUT2D eigenvalue weighted by Gasteiger charge is 2.33. The van der Waals surface area contributed by atoms with E-state index in [2.05, 4.69) is 11.9 Å². The Bertz CT molecular complexity index is 634. The van der Waals surface area contributed by atoms with Crippen LogP contribution in [0.1, 0.15) is 72.6 Å². The van der Waals surface area contributed by atoms with E-state index in [1.165, 1.54) is 31.4 Å². The van der Waals surface area contributed by atoms with Crippen molar-refractivity contribution in [1.82, 2.24) is 0 Å². The molecule has 0 saturated heterocycles. The van der Waals surface area contributed by atoms with Crippen LogP contribution in [0.15, 0.2) is 17.1 Å². The van der Waals surface area contributed by atoms with Gasteiger partial charge in [0.2, 0.25) is 5.78 Å². The summed E-state index contributed by atoms with van der Waals surface area (Å²) in [7, 11) is 0. The van der Waals surface area contributed by atoms with Gasteiger partial charge in [-0.25, -0.2) is 0 Å². The number of hydrogen-bond donors (Lipinski definition) is 2. The van der Waals surface area contributed by atoms with E-state index in [0.29, 0.717) is 6.54 Å². The Balaban J connectivity index is 2.03. The summed E-state index contributed by atoms with van der Waals surface area (Å²) in [5.41, 5.74) is -0.0339. The van der Waals surface area contributed by atoms with Gasteiger partial charge in [0.05, 0.1) is 23.3 Å². The summed E-state index contributed by atoms with van der Waals surface area (Å²) in [5, 5.41) is 19.6. The van der Waals surface area contributed by atoms with Crippen LogP contribution in [0.2, 0.25) is 0 Å². The molecule has 0 atom stereocenters. The van der Waals surface area contributed by atoms with Gasteiger partial charge >= 0.3 is 0 Å². The number of Topliss-reactive ketones (excluding diaryl/α,β-unsaturated/α-hetero) is 2. The maximum absolute atomic E-state index is 12.4. The van der Waals surface area contributed by atoms with Crippen molar-refractivity contribution in [3.63, 3.8) is 0 Å². The van der Waals surface area contributed by atoms with E-state index in [1.807, 2.05) is 0 Å². The smallest absolute Gasteiger partial charge is 0.211 e. The zero-order valence-electron chi connectivity index (χ0n) is 13.5. The highest BCUT2D eigenvalue weighted by Crippen LogP contribution is 2.34. The Morgan fingerprint density at radius 2 is 1.57 bits per heavy atom. The molecule has 0 radical (unpaired) electrons. The molecule has 23 heavy (non-hydrogen) atoms. The van der Waals surface area contributed by atoms with Gasteiger partial charge in [-0.3, -0.25) is 14.6 Å². The van der Waals surface area contributed by atoms with Crippen LogP contribution in [-0.4, -0.2) is 34.0 Å². The molecule has 0 heterocycles. The maximum atomic E-state index is 12.4. The fraction of sp³-hybridized carbons (Fsp3) is 0.500. The van der Waals surface area contributed by atoms with Gasteiger partial charge in [0, 0.05) is 6.54 Å². The van der Waals surface area contributed by atoms with Crippen molar-refractivity contribution in [2.45, 2.75) is 51.9 Å². The molecule has 0 aromatic heterocycles. The predicted molar refractivity (Wildman–Crippen MR) is 88.7 cm³/mol. The highest BCUT2D eigenvalue weighted by molar-refractivity contribution is 6.53. The summed E-state index contributed by atoms with van der Waals surface area (Å²) >= 11 is 0. The van der Waals surface area contributed by atoms with Crippen molar-refractivity contribution in [2.75, 3.05) is 6.54 Å². The minimum Gasteiger partial charge on any atom is -0.507 e. The van der Waals surface area contributed by atoms with Gasteiger partial charge in [-0.2, -0.15) is 0 Å². The van der Waals surface area contributed by atoms with E-state index in [4.69, 9.17) is 0 Å². The van der Waals surface area contributed by atoms with E-state index >= 15 is 0 Å². The summed E-state index contributed by atoms with van der Waals surface area (Å²) in [6, 6.07) is 2.44. The number of rotatable bonds is 7. The summed E-state index contributed by atoms with van der Waals surface area (Å²) in [5.74, 6) is -1.40. The lowest BCUT2D eigenvalue weighted by Gasteiger charge is -2.17. The molecule has 0 amide bonds. The normalized spacial score (nSPS) is 16.0. The Morgan fingerprint density at radius 3 is 2.26 bits per heavy atom. The highest BCUT2D eigenvalue weighted by atomic mass is 16.3. The monoisotopic (exact) mass is 317 g/mol. The van der Waals surface area contributed by atoms with Crippen LogP contribution in [0.3, 0.4) is 0 Å². The number of carbonyl (C=O) groups excluding carboxylic acids is 2. The van der Waals surface area contributed by atoms with Crippen LogP contribution < -0.4 is 0 Å². The van der Waals surface area contributed by atoms with Gasteiger partial charge in [0.25, 0.3) is 0 Å². The molecule has 0 fully saturated rings. The van der Waals surface area contributed by atoms with Gasteiger partial charge in [-0.1, -0.05) is 39.0 Å².